The van der Waals surface area contributed by atoms with Crippen LogP contribution in [0.5, 0.6) is 5.75 Å². The lowest BCUT2D eigenvalue weighted by atomic mass is 10.2. The number of carbonyl (C=O) groups excluding carboxylic acids is 1. The zero-order chi connectivity index (χ0) is 25.5. The minimum Gasteiger partial charge on any atom is -0.497 e. The number of aromatic nitrogens is 3. The Morgan fingerprint density at radius 3 is 2.61 bits per heavy atom. The van der Waals surface area contributed by atoms with E-state index in [9.17, 15) is 14.9 Å². The molecule has 0 saturated carbocycles. The van der Waals surface area contributed by atoms with E-state index in [1.165, 1.54) is 36.2 Å². The second-order valence-electron chi connectivity index (χ2n) is 7.25. The predicted molar refractivity (Wildman–Crippen MR) is 138 cm³/mol. The standard InChI is InChI=1S/C24H19ClN6O4S/c1-35-20-10-7-16(8-11-20)23-28-29-24(30(23)18-5-3-2-4-6-18)36-15-22(32)27-26-14-17-13-19(31(33)34)9-12-21(17)25/h2-14H,15H2,1H3,(H,27,32)/b26-14-. The lowest BCUT2D eigenvalue weighted by Crippen LogP contribution is -2.20. The van der Waals surface area contributed by atoms with Crippen molar-refractivity contribution < 1.29 is 14.5 Å². The Hall–Kier alpha value is -4.22. The number of carbonyl (C=O) groups is 1. The number of amides is 1. The van der Waals surface area contributed by atoms with Crippen molar-refractivity contribution in [2.24, 2.45) is 5.10 Å². The van der Waals surface area contributed by atoms with Gasteiger partial charge in [0.1, 0.15) is 5.75 Å². The van der Waals surface area contributed by atoms with Gasteiger partial charge in [0, 0.05) is 34.0 Å². The maximum Gasteiger partial charge on any atom is 0.270 e. The second kappa shape index (κ2) is 11.5. The fourth-order valence-electron chi connectivity index (χ4n) is 3.18. The maximum atomic E-state index is 12.4. The number of para-hydroxylation sites is 1. The number of hydrogen-bond acceptors (Lipinski definition) is 8. The van der Waals surface area contributed by atoms with Crippen LogP contribution >= 0.6 is 23.4 Å². The van der Waals surface area contributed by atoms with Gasteiger partial charge in [-0.1, -0.05) is 41.6 Å². The maximum absolute atomic E-state index is 12.4. The molecule has 0 saturated heterocycles. The summed E-state index contributed by atoms with van der Waals surface area (Å²) in [7, 11) is 1.60. The highest BCUT2D eigenvalue weighted by Gasteiger charge is 2.17. The highest BCUT2D eigenvalue weighted by atomic mass is 35.5. The van der Waals surface area contributed by atoms with Crippen molar-refractivity contribution in [3.05, 3.63) is 93.5 Å². The molecule has 0 bridgehead atoms. The first-order valence-corrected chi connectivity index (χ1v) is 11.9. The van der Waals surface area contributed by atoms with E-state index in [4.69, 9.17) is 16.3 Å². The smallest absolute Gasteiger partial charge is 0.270 e. The number of benzene rings is 3. The molecule has 1 heterocycles. The Labute approximate surface area is 215 Å². The van der Waals surface area contributed by atoms with Gasteiger partial charge in [-0.25, -0.2) is 5.43 Å². The number of rotatable bonds is 9. The van der Waals surface area contributed by atoms with Crippen LogP contribution in [0, 0.1) is 10.1 Å². The van der Waals surface area contributed by atoms with E-state index < -0.39 is 10.8 Å². The van der Waals surface area contributed by atoms with E-state index in [1.807, 2.05) is 59.2 Å². The molecule has 0 aliphatic carbocycles. The van der Waals surface area contributed by atoms with Gasteiger partial charge in [0.05, 0.1) is 24.0 Å². The SMILES string of the molecule is COc1ccc(-c2nnc(SCC(=O)N/N=C\c3cc([N+](=O)[O-])ccc3Cl)n2-c2ccccc2)cc1. The molecule has 1 aromatic heterocycles. The molecule has 0 fully saturated rings. The van der Waals surface area contributed by atoms with Crippen LogP contribution in [0.25, 0.3) is 17.1 Å². The molecule has 182 valence electrons. The van der Waals surface area contributed by atoms with Gasteiger partial charge in [0.25, 0.3) is 11.6 Å². The summed E-state index contributed by atoms with van der Waals surface area (Å²) >= 11 is 7.24. The molecule has 4 rings (SSSR count). The molecule has 4 aromatic rings. The topological polar surface area (TPSA) is 125 Å². The summed E-state index contributed by atoms with van der Waals surface area (Å²) in [5.41, 5.74) is 4.26. The predicted octanol–water partition coefficient (Wildman–Crippen LogP) is 4.75. The number of hydrogen-bond donors (Lipinski definition) is 1. The van der Waals surface area contributed by atoms with Crippen molar-refractivity contribution in [3.8, 4) is 22.8 Å². The van der Waals surface area contributed by atoms with E-state index in [0.29, 0.717) is 16.5 Å². The molecular formula is C24H19ClN6O4S. The molecule has 0 aliphatic heterocycles. The number of methoxy groups -OCH3 is 1. The number of ether oxygens (including phenoxy) is 1. The Bertz CT molecular complexity index is 1410. The molecule has 0 radical (unpaired) electrons. The summed E-state index contributed by atoms with van der Waals surface area (Å²) in [6.07, 6.45) is 1.26. The van der Waals surface area contributed by atoms with E-state index in [1.54, 1.807) is 7.11 Å². The highest BCUT2D eigenvalue weighted by molar-refractivity contribution is 7.99. The quantitative estimate of drug-likeness (QED) is 0.145. The van der Waals surface area contributed by atoms with Crippen molar-refractivity contribution in [1.82, 2.24) is 20.2 Å². The van der Waals surface area contributed by atoms with Crippen LogP contribution in [-0.4, -0.2) is 44.7 Å². The summed E-state index contributed by atoms with van der Waals surface area (Å²) < 4.78 is 7.10. The summed E-state index contributed by atoms with van der Waals surface area (Å²) in [6, 6.07) is 21.0. The molecule has 3 aromatic carbocycles. The van der Waals surface area contributed by atoms with Crippen LogP contribution in [-0.2, 0) is 4.79 Å². The number of nitrogens with zero attached hydrogens (tertiary/aromatic N) is 5. The number of non-ortho nitro benzene ring substituents is 1. The second-order valence-corrected chi connectivity index (χ2v) is 8.60. The third-order valence-electron chi connectivity index (χ3n) is 4.91. The average molecular weight is 523 g/mol. The van der Waals surface area contributed by atoms with Crippen LogP contribution in [0.3, 0.4) is 0 Å². The molecule has 0 spiro atoms. The first-order valence-electron chi connectivity index (χ1n) is 10.5. The van der Waals surface area contributed by atoms with Crippen molar-refractivity contribution in [2.75, 3.05) is 12.9 Å². The molecule has 12 heteroatoms. The van der Waals surface area contributed by atoms with Gasteiger partial charge in [-0.3, -0.25) is 19.5 Å². The lowest BCUT2D eigenvalue weighted by molar-refractivity contribution is -0.384. The Balaban J connectivity index is 1.49. The zero-order valence-corrected chi connectivity index (χ0v) is 20.4. The Morgan fingerprint density at radius 2 is 1.92 bits per heavy atom. The van der Waals surface area contributed by atoms with Gasteiger partial charge in [0.15, 0.2) is 11.0 Å². The summed E-state index contributed by atoms with van der Waals surface area (Å²) in [5, 5.41) is 24.2. The van der Waals surface area contributed by atoms with Gasteiger partial charge in [0.2, 0.25) is 0 Å². The number of nitro groups is 1. The van der Waals surface area contributed by atoms with Gasteiger partial charge < -0.3 is 4.74 Å². The van der Waals surface area contributed by atoms with Gasteiger partial charge in [-0.2, -0.15) is 5.10 Å². The summed E-state index contributed by atoms with van der Waals surface area (Å²) in [6.45, 7) is 0. The summed E-state index contributed by atoms with van der Waals surface area (Å²) in [4.78, 5) is 22.8. The number of thioether (sulfide) groups is 1. The number of nitrogens with one attached hydrogen (secondary N) is 1. The number of hydrazone groups is 1. The molecule has 0 atom stereocenters. The third kappa shape index (κ3) is 5.88. The van der Waals surface area contributed by atoms with Crippen LogP contribution in [0.15, 0.2) is 83.1 Å². The third-order valence-corrected chi connectivity index (χ3v) is 6.18. The molecule has 1 amide bonds. The van der Waals surface area contributed by atoms with Crippen molar-refractivity contribution in [1.29, 1.82) is 0 Å². The zero-order valence-electron chi connectivity index (χ0n) is 18.9. The average Bonchev–Trinajstić information content (AvgIpc) is 3.33. The van der Waals surface area contributed by atoms with Gasteiger partial charge >= 0.3 is 0 Å². The first kappa shape index (κ1) is 24.9. The molecular weight excluding hydrogens is 504 g/mol. The van der Waals surface area contributed by atoms with Crippen molar-refractivity contribution in [3.63, 3.8) is 0 Å². The van der Waals surface area contributed by atoms with E-state index >= 15 is 0 Å². The molecule has 36 heavy (non-hydrogen) atoms. The fraction of sp³-hybridized carbons (Fsp3) is 0.0833. The van der Waals surface area contributed by atoms with Crippen LogP contribution in [0.2, 0.25) is 5.02 Å². The molecule has 1 N–H and O–H groups in total. The van der Waals surface area contributed by atoms with Crippen LogP contribution in [0.1, 0.15) is 5.56 Å². The summed E-state index contributed by atoms with van der Waals surface area (Å²) in [5.74, 6) is 0.951. The Kier molecular flexibility index (Phi) is 7.93. The van der Waals surface area contributed by atoms with Gasteiger partial charge in [-0.05, 0) is 42.5 Å². The van der Waals surface area contributed by atoms with E-state index in [2.05, 4.69) is 20.7 Å². The van der Waals surface area contributed by atoms with Gasteiger partial charge in [-0.15, -0.1) is 10.2 Å². The monoisotopic (exact) mass is 522 g/mol. The van der Waals surface area contributed by atoms with Crippen LogP contribution in [0.4, 0.5) is 5.69 Å². The Morgan fingerprint density at radius 1 is 1.17 bits per heavy atom. The first-order chi connectivity index (χ1) is 17.5. The van der Waals surface area contributed by atoms with E-state index in [0.717, 1.165) is 17.0 Å². The van der Waals surface area contributed by atoms with Crippen molar-refractivity contribution in [2.45, 2.75) is 5.16 Å². The molecule has 0 unspecified atom stereocenters. The fourth-order valence-corrected chi connectivity index (χ4v) is 4.09. The van der Waals surface area contributed by atoms with Crippen LogP contribution < -0.4 is 10.2 Å². The largest absolute Gasteiger partial charge is 0.497 e. The van der Waals surface area contributed by atoms with E-state index in [-0.39, 0.29) is 16.5 Å². The normalized spacial score (nSPS) is 10.9. The number of halogens is 1. The number of nitro benzene ring substituents is 1. The minimum absolute atomic E-state index is 0.00753. The lowest BCUT2D eigenvalue weighted by Gasteiger charge is -2.10. The molecule has 10 nitrogen and oxygen atoms in total. The highest BCUT2D eigenvalue weighted by Crippen LogP contribution is 2.29. The van der Waals surface area contributed by atoms with Crippen molar-refractivity contribution >= 4 is 41.2 Å². The minimum atomic E-state index is -0.536. The molecule has 0 aliphatic rings.